The molecule has 2 aliphatic heterocycles. The van der Waals surface area contributed by atoms with Gasteiger partial charge in [-0.05, 0) is 42.7 Å². The average Bonchev–Trinajstić information content (AvgIpc) is 2.97. The van der Waals surface area contributed by atoms with E-state index in [1.165, 1.54) is 12.1 Å². The number of benzene rings is 2. The van der Waals surface area contributed by atoms with E-state index in [0.29, 0.717) is 43.4 Å². The highest BCUT2D eigenvalue weighted by molar-refractivity contribution is 6.33. The van der Waals surface area contributed by atoms with Crippen LogP contribution in [0.4, 0.5) is 14.9 Å². The Morgan fingerprint density at radius 3 is 2.58 bits per heavy atom. The minimum absolute atomic E-state index is 0.110. The fraction of sp³-hybridized carbons (Fsp3) is 0.391. The summed E-state index contributed by atoms with van der Waals surface area (Å²) in [6.07, 6.45) is 1.57. The summed E-state index contributed by atoms with van der Waals surface area (Å²) in [6.45, 7) is 3.79. The van der Waals surface area contributed by atoms with Crippen molar-refractivity contribution in [3.63, 3.8) is 0 Å². The Bertz CT molecular complexity index is 939. The van der Waals surface area contributed by atoms with E-state index >= 15 is 0 Å². The van der Waals surface area contributed by atoms with Crippen LogP contribution in [-0.4, -0.2) is 65.4 Å². The molecule has 0 aromatic heterocycles. The third kappa shape index (κ3) is 5.17. The number of para-hydroxylation sites is 1. The number of rotatable bonds is 4. The van der Waals surface area contributed by atoms with Crippen LogP contribution in [0.25, 0.3) is 0 Å². The molecular formula is C23H26ClFN4O2. The van der Waals surface area contributed by atoms with Gasteiger partial charge in [-0.25, -0.2) is 9.18 Å². The minimum atomic E-state index is -0.276. The van der Waals surface area contributed by atoms with E-state index in [1.54, 1.807) is 29.2 Å². The van der Waals surface area contributed by atoms with Crippen molar-refractivity contribution in [1.82, 2.24) is 14.7 Å². The highest BCUT2D eigenvalue weighted by Crippen LogP contribution is 2.23. The van der Waals surface area contributed by atoms with Gasteiger partial charge in [0, 0.05) is 39.3 Å². The predicted octanol–water partition coefficient (Wildman–Crippen LogP) is 3.82. The number of likely N-dealkylation sites (tertiary alicyclic amines) is 1. The molecular weight excluding hydrogens is 419 g/mol. The van der Waals surface area contributed by atoms with Crippen molar-refractivity contribution in [2.75, 3.05) is 38.0 Å². The molecule has 2 aromatic carbocycles. The van der Waals surface area contributed by atoms with Crippen LogP contribution in [0.2, 0.25) is 5.02 Å². The summed E-state index contributed by atoms with van der Waals surface area (Å²) in [5, 5.41) is 3.38. The Kier molecular flexibility index (Phi) is 6.73. The summed E-state index contributed by atoms with van der Waals surface area (Å²) in [5.74, 6) is -0.166. The van der Waals surface area contributed by atoms with Crippen molar-refractivity contribution >= 4 is 29.2 Å². The summed E-state index contributed by atoms with van der Waals surface area (Å²) in [7, 11) is 0. The zero-order chi connectivity index (χ0) is 21.8. The lowest BCUT2D eigenvalue weighted by Crippen LogP contribution is -2.44. The molecule has 2 aromatic rings. The summed E-state index contributed by atoms with van der Waals surface area (Å²) in [4.78, 5) is 31.5. The molecule has 0 aliphatic carbocycles. The molecule has 0 bridgehead atoms. The molecule has 2 fully saturated rings. The lowest BCUT2D eigenvalue weighted by molar-refractivity contribution is -0.132. The van der Waals surface area contributed by atoms with E-state index in [-0.39, 0.29) is 23.8 Å². The van der Waals surface area contributed by atoms with Crippen LogP contribution in [0, 0.1) is 5.82 Å². The van der Waals surface area contributed by atoms with Crippen LogP contribution in [0.1, 0.15) is 18.4 Å². The standard InChI is InChI=1S/C23H26ClFN4O2/c24-19-4-1-2-5-20(19)26-23(31)28-12-3-11-27(14-15-28)21-10-13-29(22(21)30)16-17-6-8-18(25)9-7-17/h1-2,4-9,21H,3,10-16H2,(H,26,31). The van der Waals surface area contributed by atoms with Gasteiger partial charge in [0.2, 0.25) is 5.91 Å². The van der Waals surface area contributed by atoms with Gasteiger partial charge in [0.25, 0.3) is 0 Å². The Labute approximate surface area is 186 Å². The molecule has 0 radical (unpaired) electrons. The van der Waals surface area contributed by atoms with E-state index in [2.05, 4.69) is 10.2 Å². The normalized spacial score (nSPS) is 20.1. The number of hydrogen-bond acceptors (Lipinski definition) is 3. The number of carbonyl (C=O) groups excluding carboxylic acids is 2. The molecule has 2 aliphatic rings. The lowest BCUT2D eigenvalue weighted by atomic mass is 10.2. The number of nitrogens with zero attached hydrogens (tertiary/aromatic N) is 3. The molecule has 1 N–H and O–H groups in total. The first-order chi connectivity index (χ1) is 15.0. The lowest BCUT2D eigenvalue weighted by Gasteiger charge is -2.27. The van der Waals surface area contributed by atoms with Crippen LogP contribution in [0.15, 0.2) is 48.5 Å². The summed E-state index contributed by atoms with van der Waals surface area (Å²) in [5.41, 5.74) is 1.52. The third-order valence-electron chi connectivity index (χ3n) is 5.93. The molecule has 8 heteroatoms. The zero-order valence-corrected chi connectivity index (χ0v) is 18.0. The number of amides is 3. The van der Waals surface area contributed by atoms with Crippen molar-refractivity contribution in [3.05, 3.63) is 64.9 Å². The summed E-state index contributed by atoms with van der Waals surface area (Å²) in [6, 6.07) is 13.1. The Balaban J connectivity index is 1.32. The van der Waals surface area contributed by atoms with Gasteiger partial charge in [-0.2, -0.15) is 0 Å². The number of anilines is 1. The van der Waals surface area contributed by atoms with Crippen LogP contribution < -0.4 is 5.32 Å². The number of halogens is 2. The first-order valence-corrected chi connectivity index (χ1v) is 11.0. The molecule has 0 spiro atoms. The molecule has 1 unspecified atom stereocenters. The first-order valence-electron chi connectivity index (χ1n) is 10.6. The Hall–Kier alpha value is -2.64. The second kappa shape index (κ2) is 9.66. The number of carbonyl (C=O) groups is 2. The maximum absolute atomic E-state index is 13.1. The number of nitrogens with one attached hydrogen (secondary N) is 1. The molecule has 0 saturated carbocycles. The molecule has 31 heavy (non-hydrogen) atoms. The Morgan fingerprint density at radius 1 is 1.03 bits per heavy atom. The smallest absolute Gasteiger partial charge is 0.321 e. The Morgan fingerprint density at radius 2 is 1.81 bits per heavy atom. The van der Waals surface area contributed by atoms with Gasteiger partial charge >= 0.3 is 6.03 Å². The quantitative estimate of drug-likeness (QED) is 0.780. The topological polar surface area (TPSA) is 55.9 Å². The van der Waals surface area contributed by atoms with Gasteiger partial charge < -0.3 is 15.1 Å². The van der Waals surface area contributed by atoms with E-state index in [0.717, 1.165) is 24.9 Å². The highest BCUT2D eigenvalue weighted by Gasteiger charge is 2.36. The highest BCUT2D eigenvalue weighted by atomic mass is 35.5. The van der Waals surface area contributed by atoms with Gasteiger partial charge in [-0.1, -0.05) is 35.9 Å². The van der Waals surface area contributed by atoms with Crippen molar-refractivity contribution in [1.29, 1.82) is 0 Å². The maximum atomic E-state index is 13.1. The van der Waals surface area contributed by atoms with Crippen molar-refractivity contribution in [3.8, 4) is 0 Å². The first kappa shape index (κ1) is 21.6. The largest absolute Gasteiger partial charge is 0.337 e. The van der Waals surface area contributed by atoms with Gasteiger partial charge in [0.1, 0.15) is 5.82 Å². The minimum Gasteiger partial charge on any atom is -0.337 e. The van der Waals surface area contributed by atoms with Gasteiger partial charge in [-0.3, -0.25) is 9.69 Å². The van der Waals surface area contributed by atoms with Crippen molar-refractivity contribution < 1.29 is 14.0 Å². The molecule has 4 rings (SSSR count). The molecule has 3 amide bonds. The number of hydrogen-bond donors (Lipinski definition) is 1. The second-order valence-electron chi connectivity index (χ2n) is 7.98. The fourth-order valence-corrected chi connectivity index (χ4v) is 4.42. The number of urea groups is 1. The molecule has 1 atom stereocenters. The fourth-order valence-electron chi connectivity index (χ4n) is 4.24. The molecule has 2 saturated heterocycles. The molecule has 6 nitrogen and oxygen atoms in total. The maximum Gasteiger partial charge on any atom is 0.321 e. The van der Waals surface area contributed by atoms with Crippen LogP contribution in [0.3, 0.4) is 0 Å². The third-order valence-corrected chi connectivity index (χ3v) is 6.26. The second-order valence-corrected chi connectivity index (χ2v) is 8.38. The van der Waals surface area contributed by atoms with E-state index < -0.39 is 0 Å². The van der Waals surface area contributed by atoms with Gasteiger partial charge in [-0.15, -0.1) is 0 Å². The van der Waals surface area contributed by atoms with Crippen molar-refractivity contribution in [2.24, 2.45) is 0 Å². The predicted molar refractivity (Wildman–Crippen MR) is 118 cm³/mol. The van der Waals surface area contributed by atoms with Gasteiger partial charge in [0.05, 0.1) is 16.8 Å². The van der Waals surface area contributed by atoms with E-state index in [4.69, 9.17) is 11.6 Å². The molecule has 2 heterocycles. The summed E-state index contributed by atoms with van der Waals surface area (Å²) >= 11 is 6.14. The monoisotopic (exact) mass is 444 g/mol. The van der Waals surface area contributed by atoms with Crippen molar-refractivity contribution in [2.45, 2.75) is 25.4 Å². The van der Waals surface area contributed by atoms with E-state index in [9.17, 15) is 14.0 Å². The molecule has 164 valence electrons. The summed E-state index contributed by atoms with van der Waals surface area (Å²) < 4.78 is 13.1. The van der Waals surface area contributed by atoms with Crippen LogP contribution >= 0.6 is 11.6 Å². The van der Waals surface area contributed by atoms with E-state index in [1.807, 2.05) is 17.0 Å². The average molecular weight is 445 g/mol. The SMILES string of the molecule is O=C(Nc1ccccc1Cl)N1CCCN(C2CCN(Cc3ccc(F)cc3)C2=O)CC1. The van der Waals surface area contributed by atoms with Crippen LogP contribution in [0.5, 0.6) is 0 Å². The van der Waals surface area contributed by atoms with Gasteiger partial charge in [0.15, 0.2) is 0 Å². The zero-order valence-electron chi connectivity index (χ0n) is 17.3. The van der Waals surface area contributed by atoms with Crippen LogP contribution in [-0.2, 0) is 11.3 Å².